The van der Waals surface area contributed by atoms with E-state index >= 15 is 0 Å². The lowest BCUT2D eigenvalue weighted by Crippen LogP contribution is -2.43. The molecule has 16 heteroatoms. The quantitative estimate of drug-likeness (QED) is 0.285. The molecule has 0 aliphatic carbocycles. The Hall–Kier alpha value is -3.98. The minimum atomic E-state index is -1.08. The summed E-state index contributed by atoms with van der Waals surface area (Å²) in [5, 5.41) is 23.9. The van der Waals surface area contributed by atoms with Crippen molar-refractivity contribution < 1.29 is 57.9 Å². The standard InChI is InChI=1S/2C16H28N2O6/c2*1-15(2,3)23-13(21)17-8-10-7-11(12(19)20)18(9-10)14(22)24-16(4,5)6/h2*10-11H,7-9H2,1-6H3,(H,17,21)(H,19,20)/t2*10-,11-/m10/s1. The van der Waals surface area contributed by atoms with E-state index in [4.69, 9.17) is 18.9 Å². The predicted molar refractivity (Wildman–Crippen MR) is 173 cm³/mol. The first-order valence-corrected chi connectivity index (χ1v) is 16.0. The number of ether oxygens (including phenoxy) is 4. The maximum atomic E-state index is 12.2. The number of carboxylic acid groups (broad SMARTS) is 2. The highest BCUT2D eigenvalue weighted by Gasteiger charge is 2.43. The second-order valence-corrected chi connectivity index (χ2v) is 15.9. The first-order valence-electron chi connectivity index (χ1n) is 16.0. The first-order chi connectivity index (χ1) is 21.6. The zero-order valence-electron chi connectivity index (χ0n) is 30.4. The van der Waals surface area contributed by atoms with Gasteiger partial charge < -0.3 is 39.8 Å². The Morgan fingerprint density at radius 1 is 0.542 bits per heavy atom. The Labute approximate surface area is 283 Å². The van der Waals surface area contributed by atoms with E-state index in [1.807, 2.05) is 0 Å². The van der Waals surface area contributed by atoms with Gasteiger partial charge in [-0.25, -0.2) is 28.8 Å². The van der Waals surface area contributed by atoms with Crippen LogP contribution < -0.4 is 10.6 Å². The first kappa shape index (κ1) is 42.0. The molecule has 0 aromatic heterocycles. The molecule has 0 unspecified atom stereocenters. The molecular weight excluding hydrogens is 632 g/mol. The highest BCUT2D eigenvalue weighted by Crippen LogP contribution is 2.27. The van der Waals surface area contributed by atoms with Crippen molar-refractivity contribution in [2.45, 2.75) is 130 Å². The number of nitrogens with zero attached hydrogens (tertiary/aromatic N) is 2. The van der Waals surface area contributed by atoms with Crippen LogP contribution in [-0.2, 0) is 28.5 Å². The van der Waals surface area contributed by atoms with Crippen molar-refractivity contribution in [3.05, 3.63) is 0 Å². The normalized spacial score (nSPS) is 21.3. The maximum absolute atomic E-state index is 12.2. The molecule has 0 spiro atoms. The van der Waals surface area contributed by atoms with Crippen LogP contribution in [0.2, 0.25) is 0 Å². The fourth-order valence-corrected chi connectivity index (χ4v) is 4.74. The number of hydrogen-bond donors (Lipinski definition) is 4. The lowest BCUT2D eigenvalue weighted by Gasteiger charge is -2.26. The van der Waals surface area contributed by atoms with Gasteiger partial charge in [0.2, 0.25) is 0 Å². The SMILES string of the molecule is CC(C)(C)OC(=O)NC[C@@H]1C[C@@H](C(=O)O)N(C(=O)OC(C)(C)C)C1.CC(C)(C)OC(=O)NC[C@H]1C[C@H](C(=O)O)N(C(=O)OC(C)(C)C)C1. The molecule has 0 bridgehead atoms. The van der Waals surface area contributed by atoms with Gasteiger partial charge in [0.25, 0.3) is 0 Å². The second kappa shape index (κ2) is 16.4. The predicted octanol–water partition coefficient (Wildman–Crippen LogP) is 4.44. The van der Waals surface area contributed by atoms with Crippen molar-refractivity contribution in [3.8, 4) is 0 Å². The van der Waals surface area contributed by atoms with E-state index in [-0.39, 0.29) is 50.9 Å². The number of aliphatic carboxylic acids is 2. The van der Waals surface area contributed by atoms with Crippen LogP contribution in [0.4, 0.5) is 19.2 Å². The van der Waals surface area contributed by atoms with Crippen molar-refractivity contribution in [1.82, 2.24) is 20.4 Å². The molecule has 2 heterocycles. The van der Waals surface area contributed by atoms with Crippen LogP contribution in [0.1, 0.15) is 95.9 Å². The Morgan fingerprint density at radius 2 is 0.812 bits per heavy atom. The zero-order chi connectivity index (χ0) is 37.4. The number of likely N-dealkylation sites (tertiary alicyclic amines) is 2. The van der Waals surface area contributed by atoms with Gasteiger partial charge in [0.05, 0.1) is 0 Å². The van der Waals surface area contributed by atoms with E-state index in [0.717, 1.165) is 0 Å². The summed E-state index contributed by atoms with van der Waals surface area (Å²) in [5.74, 6) is -2.52. The summed E-state index contributed by atoms with van der Waals surface area (Å²) in [6.45, 7) is 21.8. The monoisotopic (exact) mass is 688 g/mol. The highest BCUT2D eigenvalue weighted by atomic mass is 16.6. The molecular formula is C32H56N4O12. The lowest BCUT2D eigenvalue weighted by atomic mass is 10.1. The Balaban J connectivity index is 0.000000480. The maximum Gasteiger partial charge on any atom is 0.411 e. The van der Waals surface area contributed by atoms with Crippen LogP contribution in [0.15, 0.2) is 0 Å². The molecule has 16 nitrogen and oxygen atoms in total. The third-order valence-electron chi connectivity index (χ3n) is 6.47. The summed E-state index contributed by atoms with van der Waals surface area (Å²) in [5.41, 5.74) is -2.61. The van der Waals surface area contributed by atoms with Gasteiger partial charge in [0, 0.05) is 26.2 Å². The summed E-state index contributed by atoms with van der Waals surface area (Å²) < 4.78 is 20.8. The average Bonchev–Trinajstić information content (AvgIpc) is 3.48. The van der Waals surface area contributed by atoms with Crippen molar-refractivity contribution in [1.29, 1.82) is 0 Å². The molecule has 2 rings (SSSR count). The van der Waals surface area contributed by atoms with Crippen molar-refractivity contribution >= 4 is 36.3 Å². The third-order valence-corrected chi connectivity index (χ3v) is 6.47. The fourth-order valence-electron chi connectivity index (χ4n) is 4.74. The van der Waals surface area contributed by atoms with E-state index in [0.29, 0.717) is 0 Å². The van der Waals surface area contributed by atoms with Gasteiger partial charge in [-0.15, -0.1) is 0 Å². The van der Waals surface area contributed by atoms with Gasteiger partial charge in [0.15, 0.2) is 0 Å². The van der Waals surface area contributed by atoms with Gasteiger partial charge in [-0.3, -0.25) is 9.80 Å². The lowest BCUT2D eigenvalue weighted by molar-refractivity contribution is -0.142. The Bertz CT molecular complexity index is 1070. The van der Waals surface area contributed by atoms with Crippen LogP contribution in [0.25, 0.3) is 0 Å². The van der Waals surface area contributed by atoms with Crippen LogP contribution in [0.5, 0.6) is 0 Å². The highest BCUT2D eigenvalue weighted by molar-refractivity contribution is 5.81. The molecule has 4 atom stereocenters. The molecule has 48 heavy (non-hydrogen) atoms. The molecule has 0 radical (unpaired) electrons. The molecule has 2 fully saturated rings. The summed E-state index contributed by atoms with van der Waals surface area (Å²) >= 11 is 0. The smallest absolute Gasteiger partial charge is 0.411 e. The number of amides is 4. The number of carbonyl (C=O) groups excluding carboxylic acids is 4. The van der Waals surface area contributed by atoms with E-state index in [2.05, 4.69) is 10.6 Å². The molecule has 2 aliphatic heterocycles. The minimum absolute atomic E-state index is 0.175. The van der Waals surface area contributed by atoms with E-state index in [9.17, 15) is 39.0 Å². The van der Waals surface area contributed by atoms with Crippen LogP contribution in [-0.4, -0.2) is 117 Å². The Morgan fingerprint density at radius 3 is 1.04 bits per heavy atom. The second-order valence-electron chi connectivity index (χ2n) is 15.9. The van der Waals surface area contributed by atoms with Gasteiger partial charge in [-0.1, -0.05) is 0 Å². The summed E-state index contributed by atoms with van der Waals surface area (Å²) in [7, 11) is 0. The molecule has 0 aromatic carbocycles. The van der Waals surface area contributed by atoms with Crippen LogP contribution >= 0.6 is 0 Å². The van der Waals surface area contributed by atoms with Gasteiger partial charge in [-0.05, 0) is 108 Å². The zero-order valence-corrected chi connectivity index (χ0v) is 30.4. The summed E-state index contributed by atoms with van der Waals surface area (Å²) in [4.78, 5) is 72.9. The van der Waals surface area contributed by atoms with E-state index in [1.54, 1.807) is 83.1 Å². The molecule has 4 amide bonds. The van der Waals surface area contributed by atoms with Gasteiger partial charge >= 0.3 is 36.3 Å². The summed E-state index contributed by atoms with van der Waals surface area (Å²) in [6.07, 6.45) is -1.94. The Kier molecular flexibility index (Phi) is 14.4. The molecule has 2 saturated heterocycles. The molecule has 2 aliphatic rings. The number of alkyl carbamates (subject to hydrolysis) is 2. The number of hydrogen-bond acceptors (Lipinski definition) is 10. The van der Waals surface area contributed by atoms with Crippen molar-refractivity contribution in [2.24, 2.45) is 11.8 Å². The molecule has 0 aromatic rings. The number of carbonyl (C=O) groups is 6. The largest absolute Gasteiger partial charge is 0.480 e. The average molecular weight is 689 g/mol. The molecule has 4 N–H and O–H groups in total. The van der Waals surface area contributed by atoms with Crippen molar-refractivity contribution in [3.63, 3.8) is 0 Å². The van der Waals surface area contributed by atoms with Crippen molar-refractivity contribution in [2.75, 3.05) is 26.2 Å². The third kappa shape index (κ3) is 16.2. The fraction of sp³-hybridized carbons (Fsp3) is 0.812. The topological polar surface area (TPSA) is 210 Å². The molecule has 276 valence electrons. The minimum Gasteiger partial charge on any atom is -0.480 e. The van der Waals surface area contributed by atoms with E-state index in [1.165, 1.54) is 9.80 Å². The molecule has 0 saturated carbocycles. The summed E-state index contributed by atoms with van der Waals surface area (Å²) in [6, 6.07) is -1.91. The van der Waals surface area contributed by atoms with Gasteiger partial charge in [0.1, 0.15) is 34.5 Å². The van der Waals surface area contributed by atoms with Gasteiger partial charge in [-0.2, -0.15) is 0 Å². The van der Waals surface area contributed by atoms with Crippen LogP contribution in [0, 0.1) is 11.8 Å². The van der Waals surface area contributed by atoms with E-state index < -0.39 is 70.8 Å². The number of carboxylic acids is 2. The number of rotatable bonds is 6. The number of nitrogens with one attached hydrogen (secondary N) is 2. The van der Waals surface area contributed by atoms with Crippen LogP contribution in [0.3, 0.4) is 0 Å².